The molecule has 2 aromatic carbocycles. The summed E-state index contributed by atoms with van der Waals surface area (Å²) in [6.07, 6.45) is 0. The first-order valence-electron chi connectivity index (χ1n) is 5.98. The van der Waals surface area contributed by atoms with Crippen molar-refractivity contribution < 1.29 is 9.50 Å². The number of aromatic nitrogens is 1. The highest BCUT2D eigenvalue weighted by Crippen LogP contribution is 2.27. The van der Waals surface area contributed by atoms with Crippen LogP contribution in [0.25, 0.3) is 11.3 Å². The van der Waals surface area contributed by atoms with Gasteiger partial charge in [0.2, 0.25) is 0 Å². The second-order valence-corrected chi connectivity index (χ2v) is 5.08. The number of anilines is 2. The zero-order valence-electron chi connectivity index (χ0n) is 10.4. The summed E-state index contributed by atoms with van der Waals surface area (Å²) in [7, 11) is 0. The molecule has 3 nitrogen and oxygen atoms in total. The van der Waals surface area contributed by atoms with Gasteiger partial charge in [0.15, 0.2) is 5.13 Å². The van der Waals surface area contributed by atoms with Crippen LogP contribution in [0.4, 0.5) is 15.2 Å². The molecule has 2 N–H and O–H groups in total. The Morgan fingerprint density at radius 2 is 1.90 bits per heavy atom. The summed E-state index contributed by atoms with van der Waals surface area (Å²) in [6, 6.07) is 13.1. The number of nitrogens with zero attached hydrogens (tertiary/aromatic N) is 1. The van der Waals surface area contributed by atoms with Crippen molar-refractivity contribution >= 4 is 22.2 Å². The average Bonchev–Trinajstić information content (AvgIpc) is 2.90. The molecule has 0 aliphatic heterocycles. The Morgan fingerprint density at radius 1 is 1.10 bits per heavy atom. The minimum absolute atomic E-state index is 0.218. The van der Waals surface area contributed by atoms with E-state index in [0.29, 0.717) is 0 Å². The van der Waals surface area contributed by atoms with Gasteiger partial charge < -0.3 is 10.4 Å². The number of benzene rings is 2. The second kappa shape index (κ2) is 5.30. The Balaban J connectivity index is 1.82. The Hall–Kier alpha value is -2.40. The molecule has 0 amide bonds. The van der Waals surface area contributed by atoms with E-state index in [1.54, 1.807) is 30.3 Å². The number of thiazole rings is 1. The third-order valence-corrected chi connectivity index (χ3v) is 3.50. The molecule has 0 fully saturated rings. The number of phenols is 1. The van der Waals surface area contributed by atoms with E-state index >= 15 is 0 Å². The predicted octanol–water partition coefficient (Wildman–Crippen LogP) is 4.40. The van der Waals surface area contributed by atoms with Crippen molar-refractivity contribution in [1.82, 2.24) is 4.98 Å². The van der Waals surface area contributed by atoms with Crippen molar-refractivity contribution in [3.05, 3.63) is 59.7 Å². The van der Waals surface area contributed by atoms with Crippen LogP contribution in [-0.2, 0) is 0 Å². The number of rotatable bonds is 3. The highest BCUT2D eigenvalue weighted by Gasteiger charge is 2.05. The first-order valence-corrected chi connectivity index (χ1v) is 6.86. The minimum Gasteiger partial charge on any atom is -0.508 e. The summed E-state index contributed by atoms with van der Waals surface area (Å²) in [4.78, 5) is 4.42. The lowest BCUT2D eigenvalue weighted by atomic mass is 10.2. The van der Waals surface area contributed by atoms with Crippen molar-refractivity contribution in [3.63, 3.8) is 0 Å². The molecule has 20 heavy (non-hydrogen) atoms. The van der Waals surface area contributed by atoms with E-state index in [1.807, 2.05) is 11.4 Å². The Morgan fingerprint density at radius 3 is 2.65 bits per heavy atom. The zero-order valence-corrected chi connectivity index (χ0v) is 11.2. The van der Waals surface area contributed by atoms with Crippen LogP contribution in [0.3, 0.4) is 0 Å². The van der Waals surface area contributed by atoms with Gasteiger partial charge in [-0.3, -0.25) is 0 Å². The summed E-state index contributed by atoms with van der Waals surface area (Å²) in [5.74, 6) is -0.0568. The number of hydrogen-bond donors (Lipinski definition) is 2. The van der Waals surface area contributed by atoms with E-state index in [1.165, 1.54) is 23.5 Å². The molecule has 0 bridgehead atoms. The van der Waals surface area contributed by atoms with Gasteiger partial charge in [0.1, 0.15) is 11.6 Å². The minimum atomic E-state index is -0.274. The molecule has 5 heteroatoms. The van der Waals surface area contributed by atoms with Crippen LogP contribution in [-0.4, -0.2) is 10.1 Å². The topological polar surface area (TPSA) is 45.1 Å². The van der Waals surface area contributed by atoms with Crippen molar-refractivity contribution in [1.29, 1.82) is 0 Å². The normalized spacial score (nSPS) is 10.4. The van der Waals surface area contributed by atoms with Crippen molar-refractivity contribution in [2.24, 2.45) is 0 Å². The van der Waals surface area contributed by atoms with Gasteiger partial charge in [-0.1, -0.05) is 12.1 Å². The van der Waals surface area contributed by atoms with Crippen molar-refractivity contribution in [2.75, 3.05) is 5.32 Å². The summed E-state index contributed by atoms with van der Waals surface area (Å²) in [5.41, 5.74) is 2.32. The molecule has 0 aliphatic rings. The van der Waals surface area contributed by atoms with Gasteiger partial charge in [0, 0.05) is 16.6 Å². The van der Waals surface area contributed by atoms with E-state index < -0.39 is 0 Å². The first-order chi connectivity index (χ1) is 9.70. The lowest BCUT2D eigenvalue weighted by Gasteiger charge is -2.02. The first kappa shape index (κ1) is 12.6. The fourth-order valence-corrected chi connectivity index (χ4v) is 2.52. The smallest absolute Gasteiger partial charge is 0.187 e. The highest BCUT2D eigenvalue weighted by molar-refractivity contribution is 7.14. The van der Waals surface area contributed by atoms with E-state index in [-0.39, 0.29) is 11.6 Å². The molecular weight excluding hydrogens is 275 g/mol. The van der Waals surface area contributed by atoms with E-state index in [2.05, 4.69) is 10.3 Å². The number of halogens is 1. The Kier molecular flexibility index (Phi) is 3.35. The Labute approximate surface area is 119 Å². The maximum Gasteiger partial charge on any atom is 0.187 e. The van der Waals surface area contributed by atoms with Gasteiger partial charge in [-0.05, 0) is 36.4 Å². The van der Waals surface area contributed by atoms with Crippen molar-refractivity contribution in [3.8, 4) is 17.0 Å². The van der Waals surface area contributed by atoms with Gasteiger partial charge in [-0.25, -0.2) is 9.37 Å². The van der Waals surface area contributed by atoms with E-state index in [9.17, 15) is 9.50 Å². The fourth-order valence-electron chi connectivity index (χ4n) is 1.78. The molecule has 0 radical (unpaired) electrons. The summed E-state index contributed by atoms with van der Waals surface area (Å²) >= 11 is 1.44. The van der Waals surface area contributed by atoms with Crippen LogP contribution in [0.15, 0.2) is 53.9 Å². The van der Waals surface area contributed by atoms with Crippen molar-refractivity contribution in [2.45, 2.75) is 0 Å². The standard InChI is InChI=1S/C15H11FN2OS/c16-11-3-1-2-10(8-11)14-9-20-15(18-14)17-12-4-6-13(19)7-5-12/h1-9,19H,(H,17,18). The van der Waals surface area contributed by atoms with E-state index in [4.69, 9.17) is 0 Å². The molecule has 0 atom stereocenters. The number of phenolic OH excluding ortho intramolecular Hbond substituents is 1. The third kappa shape index (κ3) is 2.78. The summed E-state index contributed by atoms with van der Waals surface area (Å²) in [5, 5.41) is 15.0. The largest absolute Gasteiger partial charge is 0.508 e. The number of hydrogen-bond acceptors (Lipinski definition) is 4. The number of aromatic hydroxyl groups is 1. The monoisotopic (exact) mass is 286 g/mol. The van der Waals surface area contributed by atoms with Gasteiger partial charge in [-0.2, -0.15) is 0 Å². The Bertz CT molecular complexity index is 725. The van der Waals surface area contributed by atoms with Gasteiger partial charge in [-0.15, -0.1) is 11.3 Å². The van der Waals surface area contributed by atoms with Gasteiger partial charge >= 0.3 is 0 Å². The quantitative estimate of drug-likeness (QED) is 0.701. The molecule has 1 aromatic heterocycles. The van der Waals surface area contributed by atoms with Crippen LogP contribution in [0.5, 0.6) is 5.75 Å². The predicted molar refractivity (Wildman–Crippen MR) is 78.9 cm³/mol. The van der Waals surface area contributed by atoms with Crippen LogP contribution in [0, 0.1) is 5.82 Å². The molecule has 1 heterocycles. The number of nitrogens with one attached hydrogen (secondary N) is 1. The average molecular weight is 286 g/mol. The zero-order chi connectivity index (χ0) is 13.9. The molecule has 3 rings (SSSR count). The summed E-state index contributed by atoms with van der Waals surface area (Å²) < 4.78 is 13.2. The molecule has 0 saturated heterocycles. The second-order valence-electron chi connectivity index (χ2n) is 4.22. The van der Waals surface area contributed by atoms with Crippen LogP contribution < -0.4 is 5.32 Å². The maximum atomic E-state index is 13.2. The van der Waals surface area contributed by atoms with E-state index in [0.717, 1.165) is 22.1 Å². The molecular formula is C15H11FN2OS. The maximum absolute atomic E-state index is 13.2. The lowest BCUT2D eigenvalue weighted by Crippen LogP contribution is -1.89. The molecule has 0 saturated carbocycles. The third-order valence-electron chi connectivity index (χ3n) is 2.74. The van der Waals surface area contributed by atoms with Crippen LogP contribution >= 0.6 is 11.3 Å². The lowest BCUT2D eigenvalue weighted by molar-refractivity contribution is 0.475. The fraction of sp³-hybridized carbons (Fsp3) is 0. The highest BCUT2D eigenvalue weighted by atomic mass is 32.1. The molecule has 0 spiro atoms. The summed E-state index contributed by atoms with van der Waals surface area (Å²) in [6.45, 7) is 0. The molecule has 100 valence electrons. The van der Waals surface area contributed by atoms with Crippen LogP contribution in [0.2, 0.25) is 0 Å². The molecule has 3 aromatic rings. The molecule has 0 aliphatic carbocycles. The molecule has 0 unspecified atom stereocenters. The van der Waals surface area contributed by atoms with Crippen LogP contribution in [0.1, 0.15) is 0 Å². The van der Waals surface area contributed by atoms with Gasteiger partial charge in [0.25, 0.3) is 0 Å². The SMILES string of the molecule is Oc1ccc(Nc2nc(-c3cccc(F)c3)cs2)cc1. The van der Waals surface area contributed by atoms with Gasteiger partial charge in [0.05, 0.1) is 5.69 Å².